The normalized spacial score (nSPS) is 10.1. The first-order chi connectivity index (χ1) is 8.62. The number of aliphatic hydroxyl groups excluding tert-OH is 3. The fraction of sp³-hybridized carbons (Fsp3) is 0.923. The van der Waals surface area contributed by atoms with Gasteiger partial charge in [-0.15, -0.1) is 0 Å². The van der Waals surface area contributed by atoms with Crippen LogP contribution in [0.25, 0.3) is 0 Å². The quantitative estimate of drug-likeness (QED) is 0.447. The molecule has 0 fully saturated rings. The van der Waals surface area contributed by atoms with E-state index in [1.54, 1.807) is 0 Å². The number of carboxylic acids is 1. The number of hydrogen-bond donors (Lipinski definition) is 4. The smallest absolute Gasteiger partial charge is 0.303 e. The average Bonchev–Trinajstić information content (AvgIpc) is 2.37. The lowest BCUT2D eigenvalue weighted by molar-refractivity contribution is -0.137. The van der Waals surface area contributed by atoms with Gasteiger partial charge in [-0.25, -0.2) is 0 Å². The Morgan fingerprint density at radius 1 is 1.00 bits per heavy atom. The van der Waals surface area contributed by atoms with E-state index in [9.17, 15) is 4.79 Å². The molecular formula is C13H28O5. The summed E-state index contributed by atoms with van der Waals surface area (Å²) in [4.78, 5) is 9.96. The van der Waals surface area contributed by atoms with E-state index in [4.69, 9.17) is 20.4 Å². The van der Waals surface area contributed by atoms with Crippen molar-refractivity contribution in [1.82, 2.24) is 0 Å². The second-order valence-corrected chi connectivity index (χ2v) is 4.30. The van der Waals surface area contributed by atoms with Crippen LogP contribution in [0.2, 0.25) is 0 Å². The van der Waals surface area contributed by atoms with Crippen molar-refractivity contribution in [3.63, 3.8) is 0 Å². The highest BCUT2D eigenvalue weighted by molar-refractivity contribution is 5.66. The number of carboxylic acid groups (broad SMARTS) is 1. The first-order valence-electron chi connectivity index (χ1n) is 6.66. The molecule has 0 saturated heterocycles. The lowest BCUT2D eigenvalue weighted by Gasteiger charge is -2.07. The van der Waals surface area contributed by atoms with Crippen LogP contribution in [0.1, 0.15) is 51.9 Å². The van der Waals surface area contributed by atoms with Gasteiger partial charge in [-0.1, -0.05) is 26.2 Å². The molecule has 0 aromatic rings. The number of unbranched alkanes of at least 4 members (excludes halogenated alkanes) is 3. The highest BCUT2D eigenvalue weighted by Gasteiger charge is 2.03. The SMILES string of the molecule is CCCCCCC(=O)O.OCCCC(CO)CO. The minimum Gasteiger partial charge on any atom is -0.481 e. The van der Waals surface area contributed by atoms with Crippen LogP contribution >= 0.6 is 0 Å². The third-order valence-electron chi connectivity index (χ3n) is 2.53. The Balaban J connectivity index is 0. The standard InChI is InChI=1S/C7H14O2.C6H14O3/c1-2-3-4-5-6-7(8)9;7-3-1-2-6(4-8)5-9/h2-6H2,1H3,(H,8,9);6-9H,1-5H2. The first-order valence-corrected chi connectivity index (χ1v) is 6.66. The summed E-state index contributed by atoms with van der Waals surface area (Å²) in [6.45, 7) is 2.27. The Morgan fingerprint density at radius 3 is 2.00 bits per heavy atom. The van der Waals surface area contributed by atoms with Gasteiger partial charge in [0.15, 0.2) is 0 Å². The Bertz CT molecular complexity index is 169. The molecular weight excluding hydrogens is 236 g/mol. The molecule has 0 aliphatic rings. The summed E-state index contributed by atoms with van der Waals surface area (Å²) in [5.41, 5.74) is 0. The highest BCUT2D eigenvalue weighted by Crippen LogP contribution is 2.02. The van der Waals surface area contributed by atoms with Crippen LogP contribution in [0.4, 0.5) is 0 Å². The average molecular weight is 264 g/mol. The number of hydrogen-bond acceptors (Lipinski definition) is 4. The summed E-state index contributed by atoms with van der Waals surface area (Å²) in [5.74, 6) is -0.719. The van der Waals surface area contributed by atoms with Crippen molar-refractivity contribution in [3.05, 3.63) is 0 Å². The van der Waals surface area contributed by atoms with Crippen molar-refractivity contribution >= 4 is 5.97 Å². The molecule has 0 aliphatic heterocycles. The fourth-order valence-corrected chi connectivity index (χ4v) is 1.32. The van der Waals surface area contributed by atoms with E-state index in [0.29, 0.717) is 19.3 Å². The van der Waals surface area contributed by atoms with Gasteiger partial charge in [0, 0.05) is 32.2 Å². The maximum atomic E-state index is 9.96. The van der Waals surface area contributed by atoms with E-state index < -0.39 is 5.97 Å². The zero-order valence-corrected chi connectivity index (χ0v) is 11.3. The maximum Gasteiger partial charge on any atom is 0.303 e. The summed E-state index contributed by atoms with van der Waals surface area (Å²) in [7, 11) is 0. The molecule has 0 aromatic carbocycles. The number of aliphatic hydroxyl groups is 3. The van der Waals surface area contributed by atoms with E-state index in [1.807, 2.05) is 0 Å². The van der Waals surface area contributed by atoms with Gasteiger partial charge in [-0.3, -0.25) is 4.79 Å². The molecule has 0 saturated carbocycles. The number of carbonyl (C=O) groups is 1. The minimum atomic E-state index is -0.675. The molecule has 0 aromatic heterocycles. The van der Waals surface area contributed by atoms with Crippen molar-refractivity contribution in [2.75, 3.05) is 19.8 Å². The zero-order chi connectivity index (χ0) is 14.2. The van der Waals surface area contributed by atoms with Crippen LogP contribution < -0.4 is 0 Å². The van der Waals surface area contributed by atoms with Gasteiger partial charge in [0.1, 0.15) is 0 Å². The molecule has 0 unspecified atom stereocenters. The van der Waals surface area contributed by atoms with E-state index in [-0.39, 0.29) is 25.7 Å². The van der Waals surface area contributed by atoms with Crippen molar-refractivity contribution in [1.29, 1.82) is 0 Å². The van der Waals surface area contributed by atoms with Crippen LogP contribution in [-0.2, 0) is 4.79 Å². The van der Waals surface area contributed by atoms with Crippen LogP contribution in [0.15, 0.2) is 0 Å². The topological polar surface area (TPSA) is 98.0 Å². The van der Waals surface area contributed by atoms with Gasteiger partial charge in [0.2, 0.25) is 0 Å². The summed E-state index contributed by atoms with van der Waals surface area (Å²) in [5, 5.41) is 33.6. The molecule has 0 heterocycles. The summed E-state index contributed by atoms with van der Waals surface area (Å²) < 4.78 is 0. The molecule has 0 spiro atoms. The molecule has 5 heteroatoms. The van der Waals surface area contributed by atoms with Crippen LogP contribution in [0.3, 0.4) is 0 Å². The second-order valence-electron chi connectivity index (χ2n) is 4.30. The van der Waals surface area contributed by atoms with Gasteiger partial charge >= 0.3 is 5.97 Å². The molecule has 110 valence electrons. The third-order valence-corrected chi connectivity index (χ3v) is 2.53. The monoisotopic (exact) mass is 264 g/mol. The maximum absolute atomic E-state index is 9.96. The summed E-state index contributed by atoms with van der Waals surface area (Å²) >= 11 is 0. The molecule has 0 rings (SSSR count). The van der Waals surface area contributed by atoms with E-state index in [0.717, 1.165) is 19.3 Å². The Morgan fingerprint density at radius 2 is 1.61 bits per heavy atom. The highest BCUT2D eigenvalue weighted by atomic mass is 16.4. The van der Waals surface area contributed by atoms with E-state index >= 15 is 0 Å². The van der Waals surface area contributed by atoms with Gasteiger partial charge in [0.25, 0.3) is 0 Å². The predicted molar refractivity (Wildman–Crippen MR) is 70.4 cm³/mol. The first kappa shape index (κ1) is 19.7. The Kier molecular flexibility index (Phi) is 17.9. The third kappa shape index (κ3) is 17.7. The van der Waals surface area contributed by atoms with Crippen LogP contribution in [-0.4, -0.2) is 46.2 Å². The minimum absolute atomic E-state index is 0.0104. The Hall–Kier alpha value is -0.650. The molecule has 0 radical (unpaired) electrons. The van der Waals surface area contributed by atoms with Crippen LogP contribution in [0.5, 0.6) is 0 Å². The summed E-state index contributed by atoms with van der Waals surface area (Å²) in [6, 6.07) is 0. The molecule has 0 aliphatic carbocycles. The molecule has 0 bridgehead atoms. The van der Waals surface area contributed by atoms with Crippen molar-refractivity contribution in [2.24, 2.45) is 5.92 Å². The molecule has 0 atom stereocenters. The van der Waals surface area contributed by atoms with Gasteiger partial charge in [-0.05, 0) is 19.3 Å². The van der Waals surface area contributed by atoms with E-state index in [1.165, 1.54) is 6.42 Å². The summed E-state index contributed by atoms with van der Waals surface area (Å²) in [6.07, 6.45) is 5.91. The lowest BCUT2D eigenvalue weighted by atomic mass is 10.1. The molecule has 0 amide bonds. The zero-order valence-electron chi connectivity index (χ0n) is 11.3. The Labute approximate surface area is 109 Å². The lowest BCUT2D eigenvalue weighted by Crippen LogP contribution is -2.11. The number of rotatable bonds is 10. The van der Waals surface area contributed by atoms with Gasteiger partial charge in [-0.2, -0.15) is 0 Å². The number of aliphatic carboxylic acids is 1. The van der Waals surface area contributed by atoms with Crippen LogP contribution in [0, 0.1) is 5.92 Å². The van der Waals surface area contributed by atoms with Crippen molar-refractivity contribution < 1.29 is 25.2 Å². The fourth-order valence-electron chi connectivity index (χ4n) is 1.32. The molecule has 18 heavy (non-hydrogen) atoms. The van der Waals surface area contributed by atoms with Gasteiger partial charge in [0.05, 0.1) is 0 Å². The van der Waals surface area contributed by atoms with Gasteiger partial charge < -0.3 is 20.4 Å². The van der Waals surface area contributed by atoms with E-state index in [2.05, 4.69) is 6.92 Å². The molecule has 4 N–H and O–H groups in total. The largest absolute Gasteiger partial charge is 0.481 e. The predicted octanol–water partition coefficient (Wildman–Crippen LogP) is 1.40. The second kappa shape index (κ2) is 16.4. The van der Waals surface area contributed by atoms with Crippen molar-refractivity contribution in [2.45, 2.75) is 51.9 Å². The molecule has 5 nitrogen and oxygen atoms in total. The van der Waals surface area contributed by atoms with Crippen molar-refractivity contribution in [3.8, 4) is 0 Å².